The standard InChI is InChI=1S/C20H19NO7S/c1-12-21(8-4-2-3-5-20(22)23)16-11-18-15(10-19(16)25-12)14-9-13(29-28-27-24)6-7-17(14)26-18/h6-7,9-11H,2-5,8H2,1H3,(H-,22,23,24). The Morgan fingerprint density at radius 2 is 1.93 bits per heavy atom. The van der Waals surface area contributed by atoms with Crippen LogP contribution in [0.3, 0.4) is 0 Å². The lowest BCUT2D eigenvalue weighted by Crippen LogP contribution is -2.35. The van der Waals surface area contributed by atoms with E-state index in [0.29, 0.717) is 11.3 Å². The maximum absolute atomic E-state index is 10.6. The minimum atomic E-state index is -0.761. The van der Waals surface area contributed by atoms with Gasteiger partial charge in [0.1, 0.15) is 11.2 Å². The normalized spacial score (nSPS) is 11.8. The number of carbonyl (C=O) groups is 1. The first-order valence-electron chi connectivity index (χ1n) is 9.21. The predicted octanol–water partition coefficient (Wildman–Crippen LogP) is 3.80. The highest BCUT2D eigenvalue weighted by atomic mass is 32.2. The molecule has 0 radical (unpaired) electrons. The van der Waals surface area contributed by atoms with Gasteiger partial charge >= 0.3 is 11.9 Å². The van der Waals surface area contributed by atoms with Gasteiger partial charge in [0.05, 0.1) is 25.0 Å². The second-order valence-electron chi connectivity index (χ2n) is 6.77. The molecule has 0 aliphatic carbocycles. The SMILES string of the molecule is Cc1oc2cc3c(cc2[n+]1CCCCCC(=O)O)oc1ccc(SOO[O-])cc13. The number of benzene rings is 2. The fourth-order valence-corrected chi connectivity index (χ4v) is 3.95. The number of oxazole rings is 1. The minimum Gasteiger partial charge on any atom is -0.691 e. The highest BCUT2D eigenvalue weighted by Crippen LogP contribution is 2.34. The summed E-state index contributed by atoms with van der Waals surface area (Å²) in [5.41, 5.74) is 3.14. The monoisotopic (exact) mass is 417 g/mol. The van der Waals surface area contributed by atoms with E-state index in [1.807, 2.05) is 31.2 Å². The molecular formula is C20H19NO7S. The van der Waals surface area contributed by atoms with Crippen molar-refractivity contribution >= 4 is 51.1 Å². The molecule has 9 heteroatoms. The van der Waals surface area contributed by atoms with Crippen molar-refractivity contribution in [2.45, 2.75) is 44.0 Å². The van der Waals surface area contributed by atoms with Crippen molar-refractivity contribution in [1.82, 2.24) is 0 Å². The lowest BCUT2D eigenvalue weighted by molar-refractivity contribution is -0.777. The second kappa shape index (κ2) is 8.42. The summed E-state index contributed by atoms with van der Waals surface area (Å²) in [6, 6.07) is 9.37. The van der Waals surface area contributed by atoms with Gasteiger partial charge in [-0.2, -0.15) is 8.90 Å². The summed E-state index contributed by atoms with van der Waals surface area (Å²) in [5.74, 6) is 0.0241. The number of fused-ring (bicyclic) bond motifs is 4. The van der Waals surface area contributed by atoms with E-state index in [1.165, 1.54) is 0 Å². The van der Waals surface area contributed by atoms with E-state index in [0.717, 1.165) is 70.4 Å². The van der Waals surface area contributed by atoms with Crippen LogP contribution in [0.2, 0.25) is 0 Å². The van der Waals surface area contributed by atoms with Gasteiger partial charge in [-0.25, -0.2) is 0 Å². The number of aliphatic carboxylic acids is 1. The van der Waals surface area contributed by atoms with E-state index in [4.69, 9.17) is 13.9 Å². The van der Waals surface area contributed by atoms with Gasteiger partial charge in [0.15, 0.2) is 6.54 Å². The zero-order valence-corrected chi connectivity index (χ0v) is 16.5. The summed E-state index contributed by atoms with van der Waals surface area (Å²) >= 11 is 0.831. The number of furan rings is 1. The quantitative estimate of drug-likeness (QED) is 0.144. The van der Waals surface area contributed by atoms with Crippen LogP contribution in [0.5, 0.6) is 0 Å². The summed E-state index contributed by atoms with van der Waals surface area (Å²) < 4.78 is 18.4. The highest BCUT2D eigenvalue weighted by Gasteiger charge is 2.21. The van der Waals surface area contributed by atoms with Crippen molar-refractivity contribution in [3.8, 4) is 0 Å². The lowest BCUT2D eigenvalue weighted by atomic mass is 10.1. The number of unbranched alkanes of at least 4 members (excludes halogenated alkanes) is 2. The number of carboxylic acid groups (broad SMARTS) is 1. The Morgan fingerprint density at radius 3 is 2.72 bits per heavy atom. The summed E-state index contributed by atoms with van der Waals surface area (Å²) in [4.78, 5) is 11.3. The molecule has 2 aromatic heterocycles. The molecule has 0 saturated carbocycles. The van der Waals surface area contributed by atoms with Gasteiger partial charge in [0.2, 0.25) is 5.58 Å². The van der Waals surface area contributed by atoms with Crippen LogP contribution in [0.15, 0.2) is 44.1 Å². The first kappa shape index (κ1) is 19.7. The molecule has 0 spiro atoms. The molecule has 0 unspecified atom stereocenters. The molecule has 1 N–H and O–H groups in total. The van der Waals surface area contributed by atoms with Crippen molar-refractivity contribution in [3.05, 3.63) is 36.2 Å². The third-order valence-corrected chi connectivity index (χ3v) is 5.45. The van der Waals surface area contributed by atoms with Crippen LogP contribution in [0.4, 0.5) is 0 Å². The van der Waals surface area contributed by atoms with Gasteiger partial charge < -0.3 is 19.2 Å². The Labute approximate surface area is 169 Å². The minimum absolute atomic E-state index is 0.196. The average molecular weight is 417 g/mol. The molecule has 0 bridgehead atoms. The molecule has 29 heavy (non-hydrogen) atoms. The third kappa shape index (κ3) is 4.08. The van der Waals surface area contributed by atoms with E-state index in [-0.39, 0.29) is 6.42 Å². The molecule has 4 aromatic rings. The number of nitrogens with zero attached hydrogens (tertiary/aromatic N) is 1. The van der Waals surface area contributed by atoms with Crippen LogP contribution in [-0.2, 0) is 20.7 Å². The van der Waals surface area contributed by atoms with E-state index in [1.54, 1.807) is 6.07 Å². The summed E-state index contributed by atoms with van der Waals surface area (Å²) in [7, 11) is 0. The topological polar surface area (TPSA) is 109 Å². The maximum Gasteiger partial charge on any atom is 0.344 e. The fraction of sp³-hybridized carbons (Fsp3) is 0.300. The van der Waals surface area contributed by atoms with Crippen LogP contribution < -0.4 is 9.82 Å². The zero-order valence-electron chi connectivity index (χ0n) is 15.7. The molecular weight excluding hydrogens is 398 g/mol. The Hall–Kier alpha value is -2.59. The van der Waals surface area contributed by atoms with E-state index in [9.17, 15) is 10.1 Å². The molecule has 0 atom stereocenters. The van der Waals surface area contributed by atoms with Gasteiger partial charge in [-0.05, 0) is 37.1 Å². The van der Waals surface area contributed by atoms with E-state index >= 15 is 0 Å². The third-order valence-electron chi connectivity index (χ3n) is 4.88. The fourth-order valence-electron chi connectivity index (χ4n) is 3.55. The second-order valence-corrected chi connectivity index (χ2v) is 7.55. The smallest absolute Gasteiger partial charge is 0.344 e. The molecule has 8 nitrogen and oxygen atoms in total. The van der Waals surface area contributed by atoms with E-state index < -0.39 is 5.97 Å². The van der Waals surface area contributed by atoms with Crippen LogP contribution in [0.25, 0.3) is 33.0 Å². The summed E-state index contributed by atoms with van der Waals surface area (Å²) in [6.07, 6.45) is 2.57. The van der Waals surface area contributed by atoms with Gasteiger partial charge in [0.25, 0.3) is 5.52 Å². The van der Waals surface area contributed by atoms with E-state index in [2.05, 4.69) is 13.9 Å². The Morgan fingerprint density at radius 1 is 1.10 bits per heavy atom. The Kier molecular flexibility index (Phi) is 5.72. The zero-order chi connectivity index (χ0) is 20.4. The van der Waals surface area contributed by atoms with Crippen LogP contribution in [-0.4, -0.2) is 11.1 Å². The number of aryl methyl sites for hydroxylation is 2. The number of aromatic nitrogens is 1. The van der Waals surface area contributed by atoms with Gasteiger partial charge in [-0.3, -0.25) is 9.83 Å². The molecule has 2 heterocycles. The van der Waals surface area contributed by atoms with Crippen molar-refractivity contribution in [1.29, 1.82) is 0 Å². The van der Waals surface area contributed by atoms with Crippen molar-refractivity contribution in [3.63, 3.8) is 0 Å². The Balaban J connectivity index is 1.65. The molecule has 152 valence electrons. The number of rotatable bonds is 9. The van der Waals surface area contributed by atoms with Gasteiger partial charge in [-0.1, -0.05) is 0 Å². The van der Waals surface area contributed by atoms with Crippen LogP contribution in [0, 0.1) is 6.92 Å². The molecule has 4 rings (SSSR count). The molecule has 0 fully saturated rings. The van der Waals surface area contributed by atoms with Crippen molar-refractivity contribution in [2.24, 2.45) is 0 Å². The first-order valence-corrected chi connectivity index (χ1v) is 9.95. The first-order chi connectivity index (χ1) is 14.1. The molecule has 0 aliphatic rings. The van der Waals surface area contributed by atoms with Crippen molar-refractivity contribution in [2.75, 3.05) is 0 Å². The van der Waals surface area contributed by atoms with Crippen LogP contribution in [0.1, 0.15) is 31.6 Å². The number of hydrogen-bond donors (Lipinski definition) is 1. The number of carboxylic acids is 1. The van der Waals surface area contributed by atoms with Gasteiger partial charge in [-0.15, -0.1) is 0 Å². The molecule has 2 aromatic carbocycles. The average Bonchev–Trinajstić information content (AvgIpc) is 3.20. The molecule has 0 aliphatic heterocycles. The largest absolute Gasteiger partial charge is 0.691 e. The van der Waals surface area contributed by atoms with Gasteiger partial charge in [0, 0.05) is 28.5 Å². The molecule has 0 amide bonds. The predicted molar refractivity (Wildman–Crippen MR) is 103 cm³/mol. The summed E-state index contributed by atoms with van der Waals surface area (Å²) in [5, 5.41) is 24.0. The summed E-state index contributed by atoms with van der Waals surface area (Å²) in [6.45, 7) is 2.66. The van der Waals surface area contributed by atoms with Crippen LogP contribution >= 0.6 is 12.0 Å². The van der Waals surface area contributed by atoms with Crippen molar-refractivity contribution < 1.29 is 37.9 Å². The lowest BCUT2D eigenvalue weighted by Gasteiger charge is -2.03. The number of hydrogen-bond acceptors (Lipinski definition) is 7. The molecule has 0 saturated heterocycles. The maximum atomic E-state index is 10.6. The highest BCUT2D eigenvalue weighted by molar-refractivity contribution is 7.94. The Bertz CT molecular complexity index is 1180.